The SMILES string of the molecule is CCNc1nc(NCCCOCCO)c(F)cc1F. The maximum Gasteiger partial charge on any atom is 0.168 e. The van der Waals surface area contributed by atoms with Crippen molar-refractivity contribution in [3.05, 3.63) is 17.7 Å². The molecule has 0 saturated carbocycles. The molecule has 1 heterocycles. The third-order valence-corrected chi connectivity index (χ3v) is 2.27. The highest BCUT2D eigenvalue weighted by Crippen LogP contribution is 2.18. The molecule has 0 fully saturated rings. The summed E-state index contributed by atoms with van der Waals surface area (Å²) in [4.78, 5) is 3.84. The summed E-state index contributed by atoms with van der Waals surface area (Å²) in [6, 6.07) is 0.801. The number of aliphatic hydroxyl groups is 1. The molecule has 0 radical (unpaired) electrons. The Labute approximate surface area is 111 Å². The fraction of sp³-hybridized carbons (Fsp3) is 0.583. The van der Waals surface area contributed by atoms with Crippen molar-refractivity contribution in [2.75, 3.05) is 43.5 Å². The van der Waals surface area contributed by atoms with Gasteiger partial charge in [0.1, 0.15) is 0 Å². The number of hydrogen-bond acceptors (Lipinski definition) is 5. The predicted molar refractivity (Wildman–Crippen MR) is 69.3 cm³/mol. The average Bonchev–Trinajstić information content (AvgIpc) is 2.38. The third kappa shape index (κ3) is 5.35. The van der Waals surface area contributed by atoms with Gasteiger partial charge in [-0.05, 0) is 13.3 Å². The monoisotopic (exact) mass is 275 g/mol. The van der Waals surface area contributed by atoms with Gasteiger partial charge in [-0.25, -0.2) is 13.8 Å². The van der Waals surface area contributed by atoms with E-state index in [9.17, 15) is 8.78 Å². The van der Waals surface area contributed by atoms with E-state index >= 15 is 0 Å². The second kappa shape index (κ2) is 8.60. The van der Waals surface area contributed by atoms with Gasteiger partial charge in [0.2, 0.25) is 0 Å². The summed E-state index contributed by atoms with van der Waals surface area (Å²) in [5.41, 5.74) is 0. The maximum absolute atomic E-state index is 13.4. The van der Waals surface area contributed by atoms with Crippen molar-refractivity contribution in [2.45, 2.75) is 13.3 Å². The highest BCUT2D eigenvalue weighted by molar-refractivity contribution is 5.47. The number of hydrogen-bond donors (Lipinski definition) is 3. The van der Waals surface area contributed by atoms with Crippen LogP contribution < -0.4 is 10.6 Å². The summed E-state index contributed by atoms with van der Waals surface area (Å²) in [7, 11) is 0. The fourth-order valence-electron chi connectivity index (χ4n) is 1.43. The van der Waals surface area contributed by atoms with Crippen LogP contribution in [0.2, 0.25) is 0 Å². The van der Waals surface area contributed by atoms with Gasteiger partial charge < -0.3 is 20.5 Å². The molecule has 1 rings (SSSR count). The van der Waals surface area contributed by atoms with Gasteiger partial charge in [-0.15, -0.1) is 0 Å². The van der Waals surface area contributed by atoms with Crippen molar-refractivity contribution in [1.29, 1.82) is 0 Å². The number of rotatable bonds is 9. The number of nitrogens with zero attached hydrogens (tertiary/aromatic N) is 1. The van der Waals surface area contributed by atoms with Gasteiger partial charge in [-0.3, -0.25) is 0 Å². The van der Waals surface area contributed by atoms with Crippen LogP contribution in [0, 0.1) is 11.6 Å². The predicted octanol–water partition coefficient (Wildman–Crippen LogP) is 1.60. The summed E-state index contributed by atoms with van der Waals surface area (Å²) in [6.45, 7) is 3.48. The number of ether oxygens (including phenoxy) is 1. The second-order valence-electron chi connectivity index (χ2n) is 3.80. The molecule has 0 amide bonds. The maximum atomic E-state index is 13.4. The number of anilines is 2. The van der Waals surface area contributed by atoms with Crippen LogP contribution in [-0.2, 0) is 4.74 Å². The Morgan fingerprint density at radius 1 is 1.21 bits per heavy atom. The van der Waals surface area contributed by atoms with Crippen molar-refractivity contribution < 1.29 is 18.6 Å². The van der Waals surface area contributed by atoms with Crippen molar-refractivity contribution >= 4 is 11.6 Å². The van der Waals surface area contributed by atoms with E-state index in [4.69, 9.17) is 9.84 Å². The lowest BCUT2D eigenvalue weighted by Gasteiger charge is -2.10. The lowest BCUT2D eigenvalue weighted by Crippen LogP contribution is -2.11. The summed E-state index contributed by atoms with van der Waals surface area (Å²) in [5, 5.41) is 14.0. The van der Waals surface area contributed by atoms with Crippen LogP contribution >= 0.6 is 0 Å². The molecular weight excluding hydrogens is 256 g/mol. The average molecular weight is 275 g/mol. The quantitative estimate of drug-likeness (QED) is 0.597. The van der Waals surface area contributed by atoms with Crippen molar-refractivity contribution in [3.8, 4) is 0 Å². The summed E-state index contributed by atoms with van der Waals surface area (Å²) in [6.07, 6.45) is 0.634. The summed E-state index contributed by atoms with van der Waals surface area (Å²) >= 11 is 0. The molecule has 5 nitrogen and oxygen atoms in total. The Kier molecular flexibility index (Phi) is 7.06. The topological polar surface area (TPSA) is 66.4 Å². The van der Waals surface area contributed by atoms with E-state index in [1.165, 1.54) is 0 Å². The molecule has 1 aromatic heterocycles. The van der Waals surface area contributed by atoms with E-state index < -0.39 is 11.6 Å². The largest absolute Gasteiger partial charge is 0.394 e. The van der Waals surface area contributed by atoms with E-state index in [1.54, 1.807) is 6.92 Å². The number of nitrogens with one attached hydrogen (secondary N) is 2. The molecule has 0 aliphatic heterocycles. The van der Waals surface area contributed by atoms with Gasteiger partial charge in [0.25, 0.3) is 0 Å². The molecule has 19 heavy (non-hydrogen) atoms. The van der Waals surface area contributed by atoms with Gasteiger partial charge in [0, 0.05) is 25.8 Å². The normalized spacial score (nSPS) is 10.5. The van der Waals surface area contributed by atoms with Crippen LogP contribution in [0.25, 0.3) is 0 Å². The Morgan fingerprint density at radius 3 is 2.53 bits per heavy atom. The van der Waals surface area contributed by atoms with Crippen LogP contribution in [0.15, 0.2) is 6.07 Å². The number of pyridine rings is 1. The smallest absolute Gasteiger partial charge is 0.168 e. The summed E-state index contributed by atoms with van der Waals surface area (Å²) in [5.74, 6) is -1.39. The Morgan fingerprint density at radius 2 is 1.89 bits per heavy atom. The fourth-order valence-corrected chi connectivity index (χ4v) is 1.43. The van der Waals surface area contributed by atoms with Gasteiger partial charge in [-0.2, -0.15) is 0 Å². The lowest BCUT2D eigenvalue weighted by molar-refractivity contribution is 0.0921. The Bertz CT molecular complexity index is 391. The van der Waals surface area contributed by atoms with Gasteiger partial charge >= 0.3 is 0 Å². The van der Waals surface area contributed by atoms with E-state index in [1.807, 2.05) is 0 Å². The van der Waals surface area contributed by atoms with E-state index in [2.05, 4.69) is 15.6 Å². The molecule has 7 heteroatoms. The number of aromatic nitrogens is 1. The van der Waals surface area contributed by atoms with Crippen LogP contribution in [0.4, 0.5) is 20.4 Å². The third-order valence-electron chi connectivity index (χ3n) is 2.27. The van der Waals surface area contributed by atoms with E-state index in [0.717, 1.165) is 6.07 Å². The van der Waals surface area contributed by atoms with Crippen LogP contribution in [0.5, 0.6) is 0 Å². The molecule has 0 bridgehead atoms. The molecule has 0 spiro atoms. The van der Waals surface area contributed by atoms with Crippen LogP contribution in [-0.4, -0.2) is 43.0 Å². The van der Waals surface area contributed by atoms with Crippen LogP contribution in [0.1, 0.15) is 13.3 Å². The van der Waals surface area contributed by atoms with Crippen LogP contribution in [0.3, 0.4) is 0 Å². The standard InChI is InChI=1S/C12H19F2N3O2/c1-2-15-11-9(13)8-10(14)12(17-11)16-4-3-6-19-7-5-18/h8,18H,2-7H2,1H3,(H2,15,16,17). The Balaban J connectivity index is 2.46. The van der Waals surface area contributed by atoms with Crippen molar-refractivity contribution in [2.24, 2.45) is 0 Å². The molecule has 3 N–H and O–H groups in total. The lowest BCUT2D eigenvalue weighted by atomic mass is 10.3. The van der Waals surface area contributed by atoms with Gasteiger partial charge in [0.15, 0.2) is 23.3 Å². The molecule has 0 aliphatic carbocycles. The molecule has 0 unspecified atom stereocenters. The van der Waals surface area contributed by atoms with Crippen molar-refractivity contribution in [3.63, 3.8) is 0 Å². The van der Waals surface area contributed by atoms with E-state index in [0.29, 0.717) is 26.1 Å². The zero-order chi connectivity index (χ0) is 14.1. The zero-order valence-electron chi connectivity index (χ0n) is 10.9. The molecular formula is C12H19F2N3O2. The van der Waals surface area contributed by atoms with Crippen molar-refractivity contribution in [1.82, 2.24) is 4.98 Å². The van der Waals surface area contributed by atoms with Gasteiger partial charge in [0.05, 0.1) is 13.2 Å². The minimum atomic E-state index is -0.726. The highest BCUT2D eigenvalue weighted by Gasteiger charge is 2.10. The molecule has 0 aromatic carbocycles. The van der Waals surface area contributed by atoms with Gasteiger partial charge in [-0.1, -0.05) is 0 Å². The molecule has 0 saturated heterocycles. The molecule has 1 aromatic rings. The first kappa shape index (κ1) is 15.6. The minimum Gasteiger partial charge on any atom is -0.394 e. The Hall–Kier alpha value is -1.47. The number of halogens is 2. The first-order valence-electron chi connectivity index (χ1n) is 6.21. The number of aliphatic hydroxyl groups excluding tert-OH is 1. The second-order valence-corrected chi connectivity index (χ2v) is 3.80. The summed E-state index contributed by atoms with van der Waals surface area (Å²) < 4.78 is 31.8. The molecule has 108 valence electrons. The van der Waals surface area contributed by atoms with E-state index in [-0.39, 0.29) is 24.8 Å². The highest BCUT2D eigenvalue weighted by atomic mass is 19.1. The first-order valence-corrected chi connectivity index (χ1v) is 6.21. The zero-order valence-corrected chi connectivity index (χ0v) is 10.9. The molecule has 0 atom stereocenters. The minimum absolute atomic E-state index is 0.0134. The first-order chi connectivity index (χ1) is 9.19. The molecule has 0 aliphatic rings.